The van der Waals surface area contributed by atoms with Crippen LogP contribution in [0.2, 0.25) is 0 Å². The van der Waals surface area contributed by atoms with Gasteiger partial charge in [-0.25, -0.2) is 0 Å². The molecule has 57 valence electrons. The van der Waals surface area contributed by atoms with E-state index < -0.39 is 0 Å². The summed E-state index contributed by atoms with van der Waals surface area (Å²) in [6.45, 7) is 6.23. The van der Waals surface area contributed by atoms with Crippen LogP contribution in [0.4, 0.5) is 0 Å². The number of benzene rings is 1. The van der Waals surface area contributed by atoms with Gasteiger partial charge in [0.2, 0.25) is 0 Å². The summed E-state index contributed by atoms with van der Waals surface area (Å²) in [7, 11) is 0. The van der Waals surface area contributed by atoms with Crippen LogP contribution in [0.3, 0.4) is 0 Å². The van der Waals surface area contributed by atoms with Crippen molar-refractivity contribution in [3.05, 3.63) is 28.8 Å². The van der Waals surface area contributed by atoms with Gasteiger partial charge in [-0.1, -0.05) is 0 Å². The first-order valence-electron chi connectivity index (χ1n) is 3.56. The summed E-state index contributed by atoms with van der Waals surface area (Å²) < 4.78 is 5.23. The Kier molecular flexibility index (Phi) is 2.75. The van der Waals surface area contributed by atoms with Crippen LogP contribution in [0.25, 0.3) is 0 Å². The van der Waals surface area contributed by atoms with Crippen molar-refractivity contribution in [1.29, 1.82) is 0 Å². The fourth-order valence-electron chi connectivity index (χ4n) is 1.33. The zero-order chi connectivity index (χ0) is 8.43. The monoisotopic (exact) mass is 183 g/mol. The third kappa shape index (κ3) is 1.85. The van der Waals surface area contributed by atoms with E-state index in [1.54, 1.807) is 20.8 Å². The van der Waals surface area contributed by atoms with Gasteiger partial charge in [0.25, 0.3) is 0 Å². The molecule has 2 heteroatoms. The first-order valence-corrected chi connectivity index (χ1v) is 4.20. The molecule has 0 bridgehead atoms. The summed E-state index contributed by atoms with van der Waals surface area (Å²) in [5.41, 5.74) is 3.72. The average Bonchev–Trinajstić information content (AvgIpc) is 1.85. The third-order valence-corrected chi connectivity index (χ3v) is 2.03. The molecule has 0 saturated heterocycles. The van der Waals surface area contributed by atoms with E-state index in [2.05, 4.69) is 32.9 Å². The van der Waals surface area contributed by atoms with Crippen molar-refractivity contribution in [3.8, 4) is 5.75 Å². The Labute approximate surface area is 79.6 Å². The van der Waals surface area contributed by atoms with Crippen LogP contribution < -0.4 is 3.32 Å². The van der Waals surface area contributed by atoms with Crippen molar-refractivity contribution in [2.45, 2.75) is 20.8 Å². The van der Waals surface area contributed by atoms with Crippen LogP contribution in [0.1, 0.15) is 16.7 Å². The summed E-state index contributed by atoms with van der Waals surface area (Å²) in [6.07, 6.45) is 0. The van der Waals surface area contributed by atoms with Crippen molar-refractivity contribution in [2.75, 3.05) is 0 Å². The molecular weight excluding hydrogens is 172 g/mol. The van der Waals surface area contributed by atoms with Crippen molar-refractivity contribution < 1.29 is 24.1 Å². The maximum absolute atomic E-state index is 5.23. The Balaban J connectivity index is 3.25. The number of rotatable bonds is 1. The summed E-state index contributed by atoms with van der Waals surface area (Å²) in [6, 6.07) is 4.26. The molecule has 0 aromatic heterocycles. The Morgan fingerprint density at radius 2 is 1.55 bits per heavy atom. The Hall–Kier alpha value is -0.266. The van der Waals surface area contributed by atoms with Gasteiger partial charge in [0.15, 0.2) is 0 Å². The van der Waals surface area contributed by atoms with E-state index in [4.69, 9.17) is 3.32 Å². The summed E-state index contributed by atoms with van der Waals surface area (Å²) >= 11 is 1.71. The van der Waals surface area contributed by atoms with E-state index >= 15 is 0 Å². The van der Waals surface area contributed by atoms with E-state index in [0.717, 1.165) is 5.75 Å². The molecule has 0 aliphatic rings. The van der Waals surface area contributed by atoms with Crippen LogP contribution >= 0.6 is 0 Å². The quantitative estimate of drug-likeness (QED) is 0.607. The predicted octanol–water partition coefficient (Wildman–Crippen LogP) is 2.45. The second-order valence-corrected chi connectivity index (χ2v) is 3.15. The molecule has 0 fully saturated rings. The van der Waals surface area contributed by atoms with Crippen molar-refractivity contribution in [2.24, 2.45) is 0 Å². The molecule has 0 atom stereocenters. The minimum atomic E-state index is 1.01. The molecule has 0 aliphatic carbocycles. The molecule has 0 radical (unpaired) electrons. The van der Waals surface area contributed by atoms with Gasteiger partial charge >= 0.3 is 79.5 Å². The van der Waals surface area contributed by atoms with Crippen LogP contribution in [0, 0.1) is 20.8 Å². The first-order chi connectivity index (χ1) is 5.15. The van der Waals surface area contributed by atoms with Crippen LogP contribution in [-0.4, -0.2) is 0 Å². The average molecular weight is 183 g/mol. The molecular formula is C9H11OTi. The normalized spacial score (nSPS) is 9.64. The third-order valence-electron chi connectivity index (χ3n) is 1.71. The number of hydrogen-bond donors (Lipinski definition) is 0. The Morgan fingerprint density at radius 1 is 1.09 bits per heavy atom. The molecule has 0 amide bonds. The number of aryl methyl sites for hydroxylation is 3. The molecule has 1 rings (SSSR count). The molecule has 0 saturated carbocycles. The second-order valence-electron chi connectivity index (χ2n) is 2.83. The van der Waals surface area contributed by atoms with E-state index in [9.17, 15) is 0 Å². The minimum absolute atomic E-state index is 1.01. The van der Waals surface area contributed by atoms with Crippen molar-refractivity contribution >= 4 is 0 Å². The van der Waals surface area contributed by atoms with Gasteiger partial charge in [0.05, 0.1) is 0 Å². The summed E-state index contributed by atoms with van der Waals surface area (Å²) in [5, 5.41) is 0. The molecule has 1 aromatic rings. The van der Waals surface area contributed by atoms with Gasteiger partial charge in [0, 0.05) is 0 Å². The van der Waals surface area contributed by atoms with E-state index in [-0.39, 0.29) is 0 Å². The molecule has 0 heterocycles. The van der Waals surface area contributed by atoms with Crippen molar-refractivity contribution in [3.63, 3.8) is 0 Å². The first kappa shape index (κ1) is 8.83. The van der Waals surface area contributed by atoms with E-state index in [1.165, 1.54) is 16.7 Å². The maximum atomic E-state index is 5.23. The molecule has 0 aliphatic heterocycles. The van der Waals surface area contributed by atoms with Gasteiger partial charge in [-0.05, 0) is 0 Å². The zero-order valence-corrected chi connectivity index (χ0v) is 8.62. The van der Waals surface area contributed by atoms with Gasteiger partial charge in [-0.2, -0.15) is 0 Å². The topological polar surface area (TPSA) is 9.23 Å². The molecule has 0 spiro atoms. The second kappa shape index (κ2) is 3.42. The van der Waals surface area contributed by atoms with E-state index in [1.807, 2.05) is 0 Å². The van der Waals surface area contributed by atoms with Crippen LogP contribution in [0.5, 0.6) is 5.75 Å². The van der Waals surface area contributed by atoms with Gasteiger partial charge in [-0.3, -0.25) is 0 Å². The van der Waals surface area contributed by atoms with Gasteiger partial charge in [-0.15, -0.1) is 0 Å². The predicted molar refractivity (Wildman–Crippen MR) is 41.3 cm³/mol. The molecule has 1 aromatic carbocycles. The SMILES string of the molecule is Cc1cc(C)c([O][Ti])c(C)c1. The molecule has 0 unspecified atom stereocenters. The fourth-order valence-corrected chi connectivity index (χ4v) is 1.83. The standard InChI is InChI=1S/C9H12O.Ti/c1-6-4-7(2)9(10)8(3)5-6;/h4-5,10H,1-3H3;/q;+1/p-1. The van der Waals surface area contributed by atoms with Gasteiger partial charge in [0.1, 0.15) is 0 Å². The Morgan fingerprint density at radius 3 is 1.91 bits per heavy atom. The Bertz CT molecular complexity index is 245. The fraction of sp³-hybridized carbons (Fsp3) is 0.333. The zero-order valence-electron chi connectivity index (χ0n) is 7.06. The van der Waals surface area contributed by atoms with E-state index in [0.29, 0.717) is 0 Å². The van der Waals surface area contributed by atoms with Crippen LogP contribution in [0.15, 0.2) is 12.1 Å². The summed E-state index contributed by atoms with van der Waals surface area (Å²) in [5.74, 6) is 1.01. The van der Waals surface area contributed by atoms with Crippen molar-refractivity contribution in [1.82, 2.24) is 0 Å². The molecule has 0 N–H and O–H groups in total. The number of hydrogen-bond acceptors (Lipinski definition) is 1. The van der Waals surface area contributed by atoms with Gasteiger partial charge < -0.3 is 0 Å². The van der Waals surface area contributed by atoms with Crippen LogP contribution in [-0.2, 0) is 20.8 Å². The summed E-state index contributed by atoms with van der Waals surface area (Å²) in [4.78, 5) is 0. The molecule has 1 nitrogen and oxygen atoms in total. The molecule has 11 heavy (non-hydrogen) atoms.